The molecular formula is C16H18N4S. The fraction of sp³-hybridized carbons (Fsp3) is 0.375. The SMILES string of the molecule is Cc1ccc([C@@H]2[C@H](c3ccccn3)N=C3S[C@H](C)CN32)[nH]1. The highest BCUT2D eigenvalue weighted by atomic mass is 32.2. The van der Waals surface area contributed by atoms with Crippen LogP contribution < -0.4 is 0 Å². The molecule has 3 atom stereocenters. The summed E-state index contributed by atoms with van der Waals surface area (Å²) < 4.78 is 0. The number of nitrogens with zero attached hydrogens (tertiary/aromatic N) is 3. The minimum Gasteiger partial charge on any atom is -0.361 e. The van der Waals surface area contributed by atoms with E-state index in [1.807, 2.05) is 30.1 Å². The lowest BCUT2D eigenvalue weighted by atomic mass is 10.0. The molecule has 1 N–H and O–H groups in total. The summed E-state index contributed by atoms with van der Waals surface area (Å²) in [6.45, 7) is 5.41. The summed E-state index contributed by atoms with van der Waals surface area (Å²) in [7, 11) is 0. The van der Waals surface area contributed by atoms with Gasteiger partial charge in [0.05, 0.1) is 11.7 Å². The number of thioether (sulfide) groups is 1. The molecule has 1 saturated heterocycles. The molecule has 0 spiro atoms. The summed E-state index contributed by atoms with van der Waals surface area (Å²) in [5, 5.41) is 1.77. The summed E-state index contributed by atoms with van der Waals surface area (Å²) in [4.78, 5) is 15.4. The van der Waals surface area contributed by atoms with Gasteiger partial charge in [-0.25, -0.2) is 0 Å². The normalized spacial score (nSPS) is 27.8. The van der Waals surface area contributed by atoms with E-state index < -0.39 is 0 Å². The molecule has 0 aliphatic carbocycles. The third-order valence-electron chi connectivity index (χ3n) is 4.05. The molecule has 5 heteroatoms. The summed E-state index contributed by atoms with van der Waals surface area (Å²) in [5.74, 6) is 0. The Bertz CT molecular complexity index is 679. The molecule has 4 heterocycles. The zero-order valence-electron chi connectivity index (χ0n) is 12.2. The zero-order chi connectivity index (χ0) is 14.4. The highest BCUT2D eigenvalue weighted by molar-refractivity contribution is 8.14. The lowest BCUT2D eigenvalue weighted by Gasteiger charge is -2.26. The van der Waals surface area contributed by atoms with Gasteiger partial charge in [-0.2, -0.15) is 0 Å². The molecule has 4 nitrogen and oxygen atoms in total. The molecule has 2 aromatic rings. The molecule has 21 heavy (non-hydrogen) atoms. The monoisotopic (exact) mass is 298 g/mol. The van der Waals surface area contributed by atoms with E-state index in [0.29, 0.717) is 5.25 Å². The van der Waals surface area contributed by atoms with E-state index in [1.165, 1.54) is 11.4 Å². The number of rotatable bonds is 2. The number of amidine groups is 1. The molecule has 0 bridgehead atoms. The van der Waals surface area contributed by atoms with Crippen LogP contribution in [0.5, 0.6) is 0 Å². The number of aromatic amines is 1. The molecule has 0 radical (unpaired) electrons. The van der Waals surface area contributed by atoms with Crippen LogP contribution in [0.15, 0.2) is 41.5 Å². The van der Waals surface area contributed by atoms with Crippen molar-refractivity contribution in [1.29, 1.82) is 0 Å². The molecule has 2 aliphatic heterocycles. The molecule has 4 rings (SSSR count). The Labute approximate surface area is 128 Å². The maximum Gasteiger partial charge on any atom is 0.160 e. The zero-order valence-corrected chi connectivity index (χ0v) is 13.0. The fourth-order valence-corrected chi connectivity index (χ4v) is 4.25. The van der Waals surface area contributed by atoms with Gasteiger partial charge in [0.1, 0.15) is 6.04 Å². The summed E-state index contributed by atoms with van der Waals surface area (Å²) in [6.07, 6.45) is 1.85. The Morgan fingerprint density at radius 3 is 2.90 bits per heavy atom. The molecule has 2 aromatic heterocycles. The van der Waals surface area contributed by atoms with Gasteiger partial charge >= 0.3 is 0 Å². The van der Waals surface area contributed by atoms with Crippen molar-refractivity contribution in [3.05, 3.63) is 53.6 Å². The number of H-pyrrole nitrogens is 1. The molecule has 0 aromatic carbocycles. The smallest absolute Gasteiger partial charge is 0.160 e. The third kappa shape index (κ3) is 2.16. The van der Waals surface area contributed by atoms with Gasteiger partial charge in [-0.15, -0.1) is 0 Å². The number of hydrogen-bond donors (Lipinski definition) is 1. The molecule has 108 valence electrons. The van der Waals surface area contributed by atoms with Gasteiger partial charge in [-0.1, -0.05) is 24.8 Å². The second kappa shape index (κ2) is 4.91. The van der Waals surface area contributed by atoms with Crippen LogP contribution in [0.2, 0.25) is 0 Å². The average molecular weight is 298 g/mol. The van der Waals surface area contributed by atoms with Crippen molar-refractivity contribution in [3.63, 3.8) is 0 Å². The second-order valence-corrected chi connectivity index (χ2v) is 7.14. The maximum absolute atomic E-state index is 4.96. The van der Waals surface area contributed by atoms with E-state index in [4.69, 9.17) is 4.99 Å². The van der Waals surface area contributed by atoms with Crippen LogP contribution in [0.3, 0.4) is 0 Å². The maximum atomic E-state index is 4.96. The quantitative estimate of drug-likeness (QED) is 0.925. The second-order valence-electron chi connectivity index (χ2n) is 5.73. The minimum absolute atomic E-state index is 0.0826. The number of pyridine rings is 1. The van der Waals surface area contributed by atoms with Crippen molar-refractivity contribution >= 4 is 16.9 Å². The number of aliphatic imine (C=N–C) groups is 1. The molecule has 2 aliphatic rings. The van der Waals surface area contributed by atoms with Gasteiger partial charge in [0.25, 0.3) is 0 Å². The Hall–Kier alpha value is -1.75. The van der Waals surface area contributed by atoms with Crippen LogP contribution in [0.4, 0.5) is 0 Å². The van der Waals surface area contributed by atoms with Crippen LogP contribution in [0, 0.1) is 6.92 Å². The first-order chi connectivity index (χ1) is 10.2. The van der Waals surface area contributed by atoms with E-state index in [-0.39, 0.29) is 12.1 Å². The van der Waals surface area contributed by atoms with Crippen molar-refractivity contribution < 1.29 is 0 Å². The largest absolute Gasteiger partial charge is 0.361 e. The van der Waals surface area contributed by atoms with Crippen LogP contribution in [-0.4, -0.2) is 31.8 Å². The number of fused-ring (bicyclic) bond motifs is 1. The molecule has 0 amide bonds. The van der Waals surface area contributed by atoms with E-state index in [0.717, 1.165) is 17.4 Å². The Morgan fingerprint density at radius 2 is 2.19 bits per heavy atom. The predicted molar refractivity (Wildman–Crippen MR) is 86.4 cm³/mol. The number of aryl methyl sites for hydroxylation is 1. The predicted octanol–water partition coefficient (Wildman–Crippen LogP) is 3.31. The average Bonchev–Trinajstić information content (AvgIpc) is 3.13. The lowest BCUT2D eigenvalue weighted by molar-refractivity contribution is 0.316. The molecule has 0 unspecified atom stereocenters. The number of aromatic nitrogens is 2. The fourth-order valence-electron chi connectivity index (χ4n) is 3.15. The van der Waals surface area contributed by atoms with E-state index in [1.54, 1.807) is 0 Å². The Balaban J connectivity index is 1.77. The lowest BCUT2D eigenvalue weighted by Crippen LogP contribution is -2.28. The van der Waals surface area contributed by atoms with Gasteiger partial charge in [-0.3, -0.25) is 9.98 Å². The van der Waals surface area contributed by atoms with E-state index >= 15 is 0 Å². The van der Waals surface area contributed by atoms with Gasteiger partial charge < -0.3 is 9.88 Å². The first-order valence-corrected chi connectivity index (χ1v) is 8.18. The molecule has 0 saturated carbocycles. The van der Waals surface area contributed by atoms with Crippen molar-refractivity contribution in [2.45, 2.75) is 31.2 Å². The van der Waals surface area contributed by atoms with Crippen molar-refractivity contribution in [2.24, 2.45) is 4.99 Å². The van der Waals surface area contributed by atoms with E-state index in [2.05, 4.69) is 46.9 Å². The third-order valence-corrected chi connectivity index (χ3v) is 5.16. The van der Waals surface area contributed by atoms with Gasteiger partial charge in [-0.05, 0) is 31.2 Å². The van der Waals surface area contributed by atoms with Crippen LogP contribution in [-0.2, 0) is 0 Å². The van der Waals surface area contributed by atoms with E-state index in [9.17, 15) is 0 Å². The van der Waals surface area contributed by atoms with Gasteiger partial charge in [0.2, 0.25) is 0 Å². The Kier molecular flexibility index (Phi) is 3.03. The molecule has 1 fully saturated rings. The summed E-state index contributed by atoms with van der Waals surface area (Å²) in [5.41, 5.74) is 3.47. The first kappa shape index (κ1) is 13.0. The molecular weight excluding hydrogens is 280 g/mol. The van der Waals surface area contributed by atoms with Gasteiger partial charge in [0, 0.05) is 29.4 Å². The van der Waals surface area contributed by atoms with Crippen molar-refractivity contribution in [3.8, 4) is 0 Å². The summed E-state index contributed by atoms with van der Waals surface area (Å²) >= 11 is 1.87. The highest BCUT2D eigenvalue weighted by Crippen LogP contribution is 2.47. The standard InChI is InChI=1S/C16H18N4S/c1-10-6-7-13(18-10)15-14(12-5-3-4-8-17-12)19-16-20(15)9-11(2)21-16/h3-8,11,14-15,18H,9H2,1-2H3/t11-,14+,15-/m1/s1. The van der Waals surface area contributed by atoms with Crippen molar-refractivity contribution in [1.82, 2.24) is 14.9 Å². The van der Waals surface area contributed by atoms with Crippen LogP contribution in [0.1, 0.15) is 36.1 Å². The van der Waals surface area contributed by atoms with Crippen molar-refractivity contribution in [2.75, 3.05) is 6.54 Å². The topological polar surface area (TPSA) is 44.3 Å². The van der Waals surface area contributed by atoms with Gasteiger partial charge in [0.15, 0.2) is 5.17 Å². The minimum atomic E-state index is 0.0826. The Morgan fingerprint density at radius 1 is 1.29 bits per heavy atom. The summed E-state index contributed by atoms with van der Waals surface area (Å²) in [6, 6.07) is 10.7. The number of hydrogen-bond acceptors (Lipinski definition) is 4. The highest BCUT2D eigenvalue weighted by Gasteiger charge is 2.43. The van der Waals surface area contributed by atoms with Crippen LogP contribution >= 0.6 is 11.8 Å². The van der Waals surface area contributed by atoms with Crippen LogP contribution in [0.25, 0.3) is 0 Å². The first-order valence-electron chi connectivity index (χ1n) is 7.30. The number of nitrogens with one attached hydrogen (secondary N) is 1.